The highest BCUT2D eigenvalue weighted by Crippen LogP contribution is 2.25. The maximum Gasteiger partial charge on any atom is 0.343 e. The van der Waals surface area contributed by atoms with Crippen LogP contribution in [-0.2, 0) is 9.59 Å². The highest BCUT2D eigenvalue weighted by atomic mass is 32.1. The average molecular weight is 486 g/mol. The van der Waals surface area contributed by atoms with Gasteiger partial charge in [0.05, 0.1) is 11.8 Å². The fourth-order valence-corrected chi connectivity index (χ4v) is 3.65. The molecule has 4 rings (SSSR count). The molecule has 1 aromatic heterocycles. The molecule has 0 aliphatic carbocycles. The Labute approximate surface area is 204 Å². The van der Waals surface area contributed by atoms with Crippen LogP contribution in [0.1, 0.15) is 21.5 Å². The zero-order valence-corrected chi connectivity index (χ0v) is 19.3. The molecule has 9 nitrogen and oxygen atoms in total. The number of aromatic nitrogens is 2. The van der Waals surface area contributed by atoms with Crippen LogP contribution in [-0.4, -0.2) is 34.2 Å². The lowest BCUT2D eigenvalue weighted by Crippen LogP contribution is -2.32. The van der Waals surface area contributed by atoms with E-state index < -0.39 is 17.8 Å². The van der Waals surface area contributed by atoms with E-state index in [2.05, 4.69) is 26.0 Å². The summed E-state index contributed by atoms with van der Waals surface area (Å²) in [7, 11) is 0. The molecule has 10 heteroatoms. The topological polar surface area (TPSA) is 123 Å². The van der Waals surface area contributed by atoms with E-state index in [0.717, 1.165) is 22.5 Å². The molecule has 0 unspecified atom stereocenters. The van der Waals surface area contributed by atoms with Crippen molar-refractivity contribution < 1.29 is 19.1 Å². The molecule has 4 aromatic rings. The third-order valence-electron chi connectivity index (χ3n) is 4.60. The first-order valence-electron chi connectivity index (χ1n) is 10.4. The van der Waals surface area contributed by atoms with Crippen LogP contribution in [0, 0.1) is 6.92 Å². The van der Waals surface area contributed by atoms with E-state index in [9.17, 15) is 14.4 Å². The van der Waals surface area contributed by atoms with Crippen molar-refractivity contribution >= 4 is 40.5 Å². The number of benzene rings is 3. The monoisotopic (exact) mass is 485 g/mol. The Morgan fingerprint density at radius 3 is 2.43 bits per heavy atom. The first-order chi connectivity index (χ1) is 17.0. The minimum Gasteiger partial charge on any atom is -0.423 e. The standard InChI is InChI=1S/C25H19N5O4S/c1-16-6-5-9-19(14-16)24(33)34-20-12-10-17(11-13-20)15-26-28-22(32)21(31)27-25-30-29-23(35-25)18-7-3-2-4-8-18/h2-15H,1H3,(H,28,32)(H,27,30,31)/b26-15+. The third-order valence-corrected chi connectivity index (χ3v) is 5.48. The lowest BCUT2D eigenvalue weighted by molar-refractivity contribution is -0.136. The van der Waals surface area contributed by atoms with E-state index in [1.54, 1.807) is 42.5 Å². The number of hydrazone groups is 1. The summed E-state index contributed by atoms with van der Waals surface area (Å²) in [6.07, 6.45) is 1.36. The molecule has 2 N–H and O–H groups in total. The molecule has 0 bridgehead atoms. The fourth-order valence-electron chi connectivity index (χ4n) is 2.90. The molecule has 35 heavy (non-hydrogen) atoms. The second-order valence-electron chi connectivity index (χ2n) is 7.26. The zero-order valence-electron chi connectivity index (χ0n) is 18.5. The molecule has 174 valence electrons. The van der Waals surface area contributed by atoms with Gasteiger partial charge in [0.15, 0.2) is 0 Å². The average Bonchev–Trinajstić information content (AvgIpc) is 3.34. The van der Waals surface area contributed by atoms with Crippen molar-refractivity contribution in [1.82, 2.24) is 15.6 Å². The third kappa shape index (κ3) is 6.42. The van der Waals surface area contributed by atoms with Crippen LogP contribution in [0.5, 0.6) is 5.75 Å². The maximum atomic E-state index is 12.2. The first kappa shape index (κ1) is 23.5. The first-order valence-corrected chi connectivity index (χ1v) is 11.2. The number of anilines is 1. The van der Waals surface area contributed by atoms with E-state index >= 15 is 0 Å². The van der Waals surface area contributed by atoms with Crippen LogP contribution in [0.15, 0.2) is 84.0 Å². The summed E-state index contributed by atoms with van der Waals surface area (Å²) < 4.78 is 5.35. The summed E-state index contributed by atoms with van der Waals surface area (Å²) in [5, 5.41) is 14.9. The SMILES string of the molecule is Cc1cccc(C(=O)Oc2ccc(/C=N/NC(=O)C(=O)Nc3nnc(-c4ccccc4)s3)cc2)c1. The minimum absolute atomic E-state index is 0.198. The van der Waals surface area contributed by atoms with Gasteiger partial charge < -0.3 is 4.74 Å². The summed E-state index contributed by atoms with van der Waals surface area (Å²) in [5.41, 5.74) is 5.05. The number of carbonyl (C=O) groups excluding carboxylic acids is 3. The Morgan fingerprint density at radius 2 is 1.69 bits per heavy atom. The van der Waals surface area contributed by atoms with Crippen LogP contribution < -0.4 is 15.5 Å². The van der Waals surface area contributed by atoms with Gasteiger partial charge in [-0.15, -0.1) is 10.2 Å². The molecule has 1 heterocycles. The van der Waals surface area contributed by atoms with E-state index in [1.807, 2.05) is 43.3 Å². The van der Waals surface area contributed by atoms with Crippen LogP contribution >= 0.6 is 11.3 Å². The van der Waals surface area contributed by atoms with Crippen molar-refractivity contribution in [2.24, 2.45) is 5.10 Å². The number of nitrogens with zero attached hydrogens (tertiary/aromatic N) is 3. The maximum absolute atomic E-state index is 12.2. The lowest BCUT2D eigenvalue weighted by atomic mass is 10.1. The second kappa shape index (κ2) is 10.9. The summed E-state index contributed by atoms with van der Waals surface area (Å²) in [6, 6.07) is 23.0. The number of carbonyl (C=O) groups is 3. The van der Waals surface area contributed by atoms with E-state index in [-0.39, 0.29) is 5.13 Å². The Hall–Kier alpha value is -4.70. The van der Waals surface area contributed by atoms with Gasteiger partial charge >= 0.3 is 17.8 Å². The van der Waals surface area contributed by atoms with Gasteiger partial charge in [-0.1, -0.05) is 59.4 Å². The van der Waals surface area contributed by atoms with Crippen molar-refractivity contribution in [2.75, 3.05) is 5.32 Å². The van der Waals surface area contributed by atoms with E-state index in [4.69, 9.17) is 4.74 Å². The number of amides is 2. The zero-order chi connectivity index (χ0) is 24.6. The molecule has 0 spiro atoms. The Kier molecular flexibility index (Phi) is 7.34. The number of hydrogen-bond acceptors (Lipinski definition) is 8. The summed E-state index contributed by atoms with van der Waals surface area (Å²) in [4.78, 5) is 36.3. The van der Waals surface area contributed by atoms with Crippen LogP contribution in [0.3, 0.4) is 0 Å². The van der Waals surface area contributed by atoms with Crippen molar-refractivity contribution in [3.05, 3.63) is 95.6 Å². The number of esters is 1. The van der Waals surface area contributed by atoms with Crippen LogP contribution in [0.4, 0.5) is 5.13 Å². The normalized spacial score (nSPS) is 10.7. The van der Waals surface area contributed by atoms with Gasteiger partial charge in [0.2, 0.25) is 5.13 Å². The van der Waals surface area contributed by atoms with Gasteiger partial charge in [0.1, 0.15) is 10.8 Å². The van der Waals surface area contributed by atoms with Crippen molar-refractivity contribution in [3.8, 4) is 16.3 Å². The van der Waals surface area contributed by atoms with Crippen LogP contribution in [0.25, 0.3) is 10.6 Å². The predicted molar refractivity (Wildman–Crippen MR) is 132 cm³/mol. The number of aryl methyl sites for hydroxylation is 1. The molecule has 0 aliphatic heterocycles. The van der Waals surface area contributed by atoms with Gasteiger partial charge in [-0.05, 0) is 48.9 Å². The summed E-state index contributed by atoms with van der Waals surface area (Å²) >= 11 is 1.15. The summed E-state index contributed by atoms with van der Waals surface area (Å²) in [5.74, 6) is -1.97. The molecule has 2 amide bonds. The van der Waals surface area contributed by atoms with Crippen molar-refractivity contribution in [3.63, 3.8) is 0 Å². The lowest BCUT2D eigenvalue weighted by Gasteiger charge is -2.05. The number of rotatable bonds is 6. The fraction of sp³-hybridized carbons (Fsp3) is 0.0400. The molecule has 0 radical (unpaired) electrons. The minimum atomic E-state index is -0.957. The van der Waals surface area contributed by atoms with E-state index in [0.29, 0.717) is 21.9 Å². The van der Waals surface area contributed by atoms with Gasteiger partial charge in [-0.3, -0.25) is 14.9 Å². The highest BCUT2D eigenvalue weighted by Gasteiger charge is 2.16. The van der Waals surface area contributed by atoms with Gasteiger partial charge in [0, 0.05) is 5.56 Å². The molecule has 0 fully saturated rings. The number of nitrogens with one attached hydrogen (secondary N) is 2. The molecular weight excluding hydrogens is 466 g/mol. The number of ether oxygens (including phenoxy) is 1. The van der Waals surface area contributed by atoms with Gasteiger partial charge in [-0.2, -0.15) is 5.10 Å². The molecule has 0 saturated carbocycles. The van der Waals surface area contributed by atoms with Gasteiger partial charge in [0.25, 0.3) is 0 Å². The van der Waals surface area contributed by atoms with Crippen LogP contribution in [0.2, 0.25) is 0 Å². The quantitative estimate of drug-likeness (QED) is 0.141. The highest BCUT2D eigenvalue weighted by molar-refractivity contribution is 7.18. The molecule has 3 aromatic carbocycles. The van der Waals surface area contributed by atoms with Crippen molar-refractivity contribution in [1.29, 1.82) is 0 Å². The second-order valence-corrected chi connectivity index (χ2v) is 8.24. The largest absolute Gasteiger partial charge is 0.423 e. The summed E-state index contributed by atoms with van der Waals surface area (Å²) in [6.45, 7) is 1.89. The predicted octanol–water partition coefficient (Wildman–Crippen LogP) is 3.82. The number of hydrogen-bond donors (Lipinski definition) is 2. The smallest absolute Gasteiger partial charge is 0.343 e. The van der Waals surface area contributed by atoms with E-state index in [1.165, 1.54) is 6.21 Å². The van der Waals surface area contributed by atoms with Crippen molar-refractivity contribution in [2.45, 2.75) is 6.92 Å². The van der Waals surface area contributed by atoms with Gasteiger partial charge in [-0.25, -0.2) is 10.2 Å². The molecule has 0 saturated heterocycles. The Morgan fingerprint density at radius 1 is 0.914 bits per heavy atom. The Bertz CT molecular complexity index is 1380. The molecule has 0 atom stereocenters. The molecule has 0 aliphatic rings. The Balaban J connectivity index is 1.27. The molecular formula is C25H19N5O4S.